The third-order valence-electron chi connectivity index (χ3n) is 2.00. The van der Waals surface area contributed by atoms with Gasteiger partial charge in [0.2, 0.25) is 5.82 Å². The monoisotopic (exact) mass is 223 g/mol. The molecule has 0 N–H and O–H groups in total. The predicted octanol–water partition coefficient (Wildman–Crippen LogP) is 1.69. The van der Waals surface area contributed by atoms with Gasteiger partial charge in [-0.1, -0.05) is 6.07 Å². The van der Waals surface area contributed by atoms with E-state index >= 15 is 0 Å². The molecular formula is C10H10FN3O2. The SMILES string of the molecule is CN(CC#N)Cc1ccc([N+](=O)[O-])c(F)c1. The lowest BCUT2D eigenvalue weighted by atomic mass is 10.2. The molecule has 0 fully saturated rings. The van der Waals surface area contributed by atoms with Crippen molar-refractivity contribution in [2.45, 2.75) is 6.54 Å². The number of rotatable bonds is 4. The van der Waals surface area contributed by atoms with Gasteiger partial charge in [0.05, 0.1) is 17.5 Å². The number of nitro benzene ring substituents is 1. The Balaban J connectivity index is 2.82. The maximum Gasteiger partial charge on any atom is 0.304 e. The van der Waals surface area contributed by atoms with E-state index in [-0.39, 0.29) is 6.54 Å². The molecule has 0 unspecified atom stereocenters. The highest BCUT2D eigenvalue weighted by molar-refractivity contribution is 5.34. The fraction of sp³-hybridized carbons (Fsp3) is 0.300. The molecule has 0 saturated heterocycles. The van der Waals surface area contributed by atoms with Crippen molar-refractivity contribution in [3.63, 3.8) is 0 Å². The number of nitrogens with zero attached hydrogens (tertiary/aromatic N) is 3. The smallest absolute Gasteiger partial charge is 0.289 e. The molecule has 0 spiro atoms. The molecule has 0 amide bonds. The van der Waals surface area contributed by atoms with Crippen molar-refractivity contribution in [3.05, 3.63) is 39.7 Å². The Morgan fingerprint density at radius 3 is 2.81 bits per heavy atom. The quantitative estimate of drug-likeness (QED) is 0.442. The highest BCUT2D eigenvalue weighted by Crippen LogP contribution is 2.18. The maximum absolute atomic E-state index is 13.2. The largest absolute Gasteiger partial charge is 0.304 e. The van der Waals surface area contributed by atoms with E-state index in [4.69, 9.17) is 5.26 Å². The summed E-state index contributed by atoms with van der Waals surface area (Å²) in [5.74, 6) is -0.854. The number of nitriles is 1. The summed E-state index contributed by atoms with van der Waals surface area (Å²) in [6.07, 6.45) is 0. The van der Waals surface area contributed by atoms with Crippen LogP contribution in [0.25, 0.3) is 0 Å². The van der Waals surface area contributed by atoms with Crippen molar-refractivity contribution < 1.29 is 9.31 Å². The zero-order chi connectivity index (χ0) is 12.1. The molecule has 1 aromatic rings. The van der Waals surface area contributed by atoms with E-state index in [2.05, 4.69) is 0 Å². The van der Waals surface area contributed by atoms with Gasteiger partial charge in [-0.3, -0.25) is 15.0 Å². The summed E-state index contributed by atoms with van der Waals surface area (Å²) >= 11 is 0. The van der Waals surface area contributed by atoms with Gasteiger partial charge in [-0.05, 0) is 18.7 Å². The average molecular weight is 223 g/mol. The Kier molecular flexibility index (Phi) is 3.91. The summed E-state index contributed by atoms with van der Waals surface area (Å²) in [5.41, 5.74) is 0.0625. The van der Waals surface area contributed by atoms with Crippen molar-refractivity contribution in [1.29, 1.82) is 5.26 Å². The first-order valence-corrected chi connectivity index (χ1v) is 4.53. The van der Waals surface area contributed by atoms with Crippen LogP contribution in [0.5, 0.6) is 0 Å². The summed E-state index contributed by atoms with van der Waals surface area (Å²) in [5, 5.41) is 18.8. The number of hydrogen-bond donors (Lipinski definition) is 0. The van der Waals surface area contributed by atoms with Crippen LogP contribution >= 0.6 is 0 Å². The van der Waals surface area contributed by atoms with E-state index in [0.29, 0.717) is 12.1 Å². The van der Waals surface area contributed by atoms with Crippen LogP contribution in [0, 0.1) is 27.3 Å². The van der Waals surface area contributed by atoms with Crippen LogP contribution in [0.15, 0.2) is 18.2 Å². The molecule has 6 heteroatoms. The van der Waals surface area contributed by atoms with E-state index in [1.165, 1.54) is 6.07 Å². The van der Waals surface area contributed by atoms with Crippen molar-refractivity contribution in [1.82, 2.24) is 4.90 Å². The minimum absolute atomic E-state index is 0.221. The second-order valence-electron chi connectivity index (χ2n) is 3.37. The molecule has 0 aliphatic carbocycles. The Morgan fingerprint density at radius 1 is 1.62 bits per heavy atom. The van der Waals surface area contributed by atoms with Crippen molar-refractivity contribution in [3.8, 4) is 6.07 Å². The van der Waals surface area contributed by atoms with Crippen molar-refractivity contribution in [2.75, 3.05) is 13.6 Å². The van der Waals surface area contributed by atoms with Gasteiger partial charge in [0.25, 0.3) is 0 Å². The molecule has 0 heterocycles. The zero-order valence-corrected chi connectivity index (χ0v) is 8.68. The van der Waals surface area contributed by atoms with Gasteiger partial charge in [-0.15, -0.1) is 0 Å². The standard InChI is InChI=1S/C10H10FN3O2/c1-13(5-4-12)7-8-2-3-10(14(15)16)9(11)6-8/h2-3,6H,5,7H2,1H3. The second kappa shape index (κ2) is 5.19. The molecular weight excluding hydrogens is 213 g/mol. The number of halogens is 1. The van der Waals surface area contributed by atoms with Crippen LogP contribution in [0.2, 0.25) is 0 Å². The fourth-order valence-corrected chi connectivity index (χ4v) is 1.29. The molecule has 0 aliphatic heterocycles. The lowest BCUT2D eigenvalue weighted by Crippen LogP contribution is -2.17. The van der Waals surface area contributed by atoms with Crippen LogP contribution in [0.4, 0.5) is 10.1 Å². The molecule has 5 nitrogen and oxygen atoms in total. The summed E-state index contributed by atoms with van der Waals surface area (Å²) in [4.78, 5) is 11.3. The normalized spacial score (nSPS) is 10.1. The molecule has 0 aliphatic rings. The molecule has 0 bridgehead atoms. The summed E-state index contributed by atoms with van der Waals surface area (Å²) in [6.45, 7) is 0.598. The van der Waals surface area contributed by atoms with E-state index in [9.17, 15) is 14.5 Å². The van der Waals surface area contributed by atoms with Crippen LogP contribution < -0.4 is 0 Å². The van der Waals surface area contributed by atoms with E-state index in [0.717, 1.165) is 12.1 Å². The zero-order valence-electron chi connectivity index (χ0n) is 8.68. The molecule has 1 aromatic carbocycles. The maximum atomic E-state index is 13.2. The molecule has 0 saturated carbocycles. The molecule has 1 rings (SSSR count). The molecule has 0 radical (unpaired) electrons. The van der Waals surface area contributed by atoms with E-state index in [1.54, 1.807) is 11.9 Å². The number of hydrogen-bond acceptors (Lipinski definition) is 4. The first kappa shape index (κ1) is 12.1. The third-order valence-corrected chi connectivity index (χ3v) is 2.00. The van der Waals surface area contributed by atoms with Crippen LogP contribution in [-0.2, 0) is 6.54 Å². The average Bonchev–Trinajstić information content (AvgIpc) is 2.17. The fourth-order valence-electron chi connectivity index (χ4n) is 1.29. The van der Waals surface area contributed by atoms with Crippen molar-refractivity contribution >= 4 is 5.69 Å². The van der Waals surface area contributed by atoms with Gasteiger partial charge in [0, 0.05) is 12.6 Å². The van der Waals surface area contributed by atoms with E-state index in [1.807, 2.05) is 6.07 Å². The summed E-state index contributed by atoms with van der Waals surface area (Å²) < 4.78 is 13.2. The Bertz CT molecular complexity index is 442. The second-order valence-corrected chi connectivity index (χ2v) is 3.37. The molecule has 0 aromatic heterocycles. The predicted molar refractivity (Wildman–Crippen MR) is 55.0 cm³/mol. The third kappa shape index (κ3) is 3.00. The lowest BCUT2D eigenvalue weighted by Gasteiger charge is -2.11. The van der Waals surface area contributed by atoms with Crippen molar-refractivity contribution in [2.24, 2.45) is 0 Å². The Labute approximate surface area is 91.9 Å². The molecule has 0 atom stereocenters. The topological polar surface area (TPSA) is 70.2 Å². The van der Waals surface area contributed by atoms with Gasteiger partial charge in [-0.2, -0.15) is 9.65 Å². The summed E-state index contributed by atoms with van der Waals surface area (Å²) in [7, 11) is 1.71. The van der Waals surface area contributed by atoms with Gasteiger partial charge in [0.15, 0.2) is 0 Å². The van der Waals surface area contributed by atoms with Gasteiger partial charge >= 0.3 is 5.69 Å². The molecule has 84 valence electrons. The van der Waals surface area contributed by atoms with Gasteiger partial charge in [0.1, 0.15) is 0 Å². The van der Waals surface area contributed by atoms with E-state index < -0.39 is 16.4 Å². The first-order valence-electron chi connectivity index (χ1n) is 4.53. The number of nitro groups is 1. The van der Waals surface area contributed by atoms with Gasteiger partial charge < -0.3 is 0 Å². The highest BCUT2D eigenvalue weighted by Gasteiger charge is 2.13. The Hall–Kier alpha value is -2.00. The lowest BCUT2D eigenvalue weighted by molar-refractivity contribution is -0.387. The molecule has 16 heavy (non-hydrogen) atoms. The highest BCUT2D eigenvalue weighted by atomic mass is 19.1. The number of benzene rings is 1. The minimum atomic E-state index is -0.854. The summed E-state index contributed by atoms with van der Waals surface area (Å²) in [6, 6.07) is 5.68. The van der Waals surface area contributed by atoms with Crippen LogP contribution in [0.1, 0.15) is 5.56 Å². The first-order chi connectivity index (χ1) is 7.54. The van der Waals surface area contributed by atoms with Crippen LogP contribution in [-0.4, -0.2) is 23.4 Å². The minimum Gasteiger partial charge on any atom is -0.289 e. The van der Waals surface area contributed by atoms with Crippen LogP contribution in [0.3, 0.4) is 0 Å². The Morgan fingerprint density at radius 2 is 2.31 bits per heavy atom. The van der Waals surface area contributed by atoms with Gasteiger partial charge in [-0.25, -0.2) is 0 Å².